The van der Waals surface area contributed by atoms with Crippen LogP contribution in [-0.2, 0) is 5.41 Å². The first kappa shape index (κ1) is 17.5. The van der Waals surface area contributed by atoms with Gasteiger partial charge in [-0.3, -0.25) is 4.79 Å². The summed E-state index contributed by atoms with van der Waals surface area (Å²) in [5.41, 5.74) is -0.184. The zero-order chi connectivity index (χ0) is 16.4. The third-order valence-electron chi connectivity index (χ3n) is 2.88. The van der Waals surface area contributed by atoms with Crippen molar-refractivity contribution < 1.29 is 22.7 Å². The summed E-state index contributed by atoms with van der Waals surface area (Å²) in [4.78, 5) is 11.4. The number of alkyl halides is 3. The number of carbonyl (C=O) groups is 1. The van der Waals surface area contributed by atoms with Crippen molar-refractivity contribution in [2.45, 2.75) is 46.2 Å². The molecule has 0 bridgehead atoms. The van der Waals surface area contributed by atoms with E-state index >= 15 is 0 Å². The van der Waals surface area contributed by atoms with Crippen molar-refractivity contribution in [2.75, 3.05) is 6.61 Å². The maximum atomic E-state index is 12.5. The Morgan fingerprint density at radius 3 is 2.19 bits per heavy atom. The summed E-state index contributed by atoms with van der Waals surface area (Å²) >= 11 is 0. The Morgan fingerprint density at radius 2 is 1.76 bits per heavy atom. The van der Waals surface area contributed by atoms with Crippen molar-refractivity contribution in [1.82, 2.24) is 0 Å². The summed E-state index contributed by atoms with van der Waals surface area (Å²) < 4.78 is 43.3. The van der Waals surface area contributed by atoms with E-state index in [-0.39, 0.29) is 5.56 Å². The van der Waals surface area contributed by atoms with Gasteiger partial charge in [-0.1, -0.05) is 34.6 Å². The Hall–Kier alpha value is -1.52. The second-order valence-corrected chi connectivity index (χ2v) is 6.49. The minimum Gasteiger partial charge on any atom is -0.493 e. The molecule has 0 spiro atoms. The number of benzene rings is 1. The zero-order valence-electron chi connectivity index (χ0n) is 13.0. The highest BCUT2D eigenvalue weighted by Gasteiger charge is 2.39. The number of ether oxygens (including phenoxy) is 1. The average Bonchev–Trinajstić information content (AvgIpc) is 2.33. The third kappa shape index (κ3) is 4.76. The number of halogens is 3. The van der Waals surface area contributed by atoms with Crippen molar-refractivity contribution in [3.8, 4) is 5.75 Å². The summed E-state index contributed by atoms with van der Waals surface area (Å²) in [7, 11) is 0. The molecule has 0 atom stereocenters. The minimum absolute atomic E-state index is 0.300. The standard InChI is InChI=1S/C16H21F3O2/c1-10(2)9-21-13-7-6-11(14(20)16(17,18)19)8-12(13)15(3,4)5/h6-8,10H,9H2,1-5H3. The molecule has 0 N–H and O–H groups in total. The topological polar surface area (TPSA) is 26.3 Å². The first-order valence-corrected chi connectivity index (χ1v) is 6.81. The van der Waals surface area contributed by atoms with Crippen LogP contribution in [0.4, 0.5) is 13.2 Å². The van der Waals surface area contributed by atoms with Gasteiger partial charge in [0.05, 0.1) is 6.61 Å². The van der Waals surface area contributed by atoms with E-state index in [9.17, 15) is 18.0 Å². The molecule has 0 saturated carbocycles. The molecule has 0 unspecified atom stereocenters. The lowest BCUT2D eigenvalue weighted by molar-refractivity contribution is -0.0885. The van der Waals surface area contributed by atoms with Gasteiger partial charge in [0.2, 0.25) is 0 Å². The zero-order valence-corrected chi connectivity index (χ0v) is 13.0. The van der Waals surface area contributed by atoms with Gasteiger partial charge in [-0.2, -0.15) is 13.2 Å². The van der Waals surface area contributed by atoms with Crippen LogP contribution in [0.15, 0.2) is 18.2 Å². The van der Waals surface area contributed by atoms with Crippen LogP contribution in [0.5, 0.6) is 5.75 Å². The van der Waals surface area contributed by atoms with Crippen LogP contribution in [0.3, 0.4) is 0 Å². The van der Waals surface area contributed by atoms with Crippen LogP contribution in [0.1, 0.15) is 50.5 Å². The van der Waals surface area contributed by atoms with Crippen molar-refractivity contribution in [2.24, 2.45) is 5.92 Å². The molecule has 21 heavy (non-hydrogen) atoms. The first-order chi connectivity index (χ1) is 9.43. The van der Waals surface area contributed by atoms with E-state index in [0.29, 0.717) is 23.8 Å². The van der Waals surface area contributed by atoms with Crippen molar-refractivity contribution in [3.63, 3.8) is 0 Å². The lowest BCUT2D eigenvalue weighted by atomic mass is 9.85. The van der Waals surface area contributed by atoms with Crippen molar-refractivity contribution >= 4 is 5.78 Å². The second-order valence-electron chi connectivity index (χ2n) is 6.49. The van der Waals surface area contributed by atoms with E-state index in [2.05, 4.69) is 0 Å². The predicted octanol–water partition coefficient (Wildman–Crippen LogP) is 4.76. The second kappa shape index (κ2) is 6.08. The van der Waals surface area contributed by atoms with Crippen LogP contribution >= 0.6 is 0 Å². The van der Waals surface area contributed by atoms with Crippen molar-refractivity contribution in [1.29, 1.82) is 0 Å². The highest BCUT2D eigenvalue weighted by atomic mass is 19.4. The molecule has 0 amide bonds. The van der Waals surface area contributed by atoms with E-state index in [1.165, 1.54) is 18.2 Å². The minimum atomic E-state index is -4.87. The molecule has 1 rings (SSSR count). The summed E-state index contributed by atoms with van der Waals surface area (Å²) in [6, 6.07) is 3.90. The quantitative estimate of drug-likeness (QED) is 0.749. The van der Waals surface area contributed by atoms with Gasteiger partial charge in [-0.25, -0.2) is 0 Å². The number of Topliss-reactive ketones (excluding diaryl/α,β-unsaturated/α-hetero) is 1. The van der Waals surface area contributed by atoms with Crippen molar-refractivity contribution in [3.05, 3.63) is 29.3 Å². The summed E-state index contributed by atoms with van der Waals surface area (Å²) in [6.07, 6.45) is -4.87. The molecule has 0 fully saturated rings. The fourth-order valence-corrected chi connectivity index (χ4v) is 1.80. The molecule has 2 nitrogen and oxygen atoms in total. The van der Waals surface area contributed by atoms with Gasteiger partial charge in [0, 0.05) is 11.1 Å². The lowest BCUT2D eigenvalue weighted by Gasteiger charge is -2.24. The lowest BCUT2D eigenvalue weighted by Crippen LogP contribution is -2.24. The number of ketones is 1. The van der Waals surface area contributed by atoms with E-state index in [1.807, 2.05) is 34.6 Å². The summed E-state index contributed by atoms with van der Waals surface area (Å²) in [6.45, 7) is 10.0. The van der Waals surface area contributed by atoms with Crippen LogP contribution in [-0.4, -0.2) is 18.6 Å². The van der Waals surface area contributed by atoms with Gasteiger partial charge in [0.1, 0.15) is 5.75 Å². The van der Waals surface area contributed by atoms with E-state index in [1.54, 1.807) is 0 Å². The SMILES string of the molecule is CC(C)COc1ccc(C(=O)C(F)(F)F)cc1C(C)(C)C. The van der Waals surface area contributed by atoms with Gasteiger partial charge in [0.25, 0.3) is 5.78 Å². The molecule has 0 heterocycles. The molecule has 0 aliphatic heterocycles. The Bertz CT molecular complexity index is 511. The highest BCUT2D eigenvalue weighted by molar-refractivity contribution is 6.00. The highest BCUT2D eigenvalue weighted by Crippen LogP contribution is 2.34. The van der Waals surface area contributed by atoms with Gasteiger partial charge in [0.15, 0.2) is 0 Å². The molecule has 0 aliphatic carbocycles. The molecular formula is C16H21F3O2. The molecule has 0 radical (unpaired) electrons. The number of hydrogen-bond donors (Lipinski definition) is 0. The fraction of sp³-hybridized carbons (Fsp3) is 0.562. The first-order valence-electron chi connectivity index (χ1n) is 6.81. The van der Waals surface area contributed by atoms with E-state index in [0.717, 1.165) is 0 Å². The van der Waals surface area contributed by atoms with Crippen LogP contribution in [0, 0.1) is 5.92 Å². The van der Waals surface area contributed by atoms with Gasteiger partial charge in [-0.15, -0.1) is 0 Å². The number of hydrogen-bond acceptors (Lipinski definition) is 2. The average molecular weight is 302 g/mol. The Balaban J connectivity index is 3.23. The van der Waals surface area contributed by atoms with Gasteiger partial charge >= 0.3 is 6.18 Å². The molecule has 1 aromatic rings. The molecule has 0 aromatic heterocycles. The molecule has 0 aliphatic rings. The fourth-order valence-electron chi connectivity index (χ4n) is 1.80. The Morgan fingerprint density at radius 1 is 1.19 bits per heavy atom. The normalized spacial score (nSPS) is 12.6. The number of rotatable bonds is 4. The van der Waals surface area contributed by atoms with Gasteiger partial charge < -0.3 is 4.74 Å². The smallest absolute Gasteiger partial charge is 0.454 e. The third-order valence-corrected chi connectivity index (χ3v) is 2.88. The van der Waals surface area contributed by atoms with Crippen LogP contribution in [0.2, 0.25) is 0 Å². The maximum absolute atomic E-state index is 12.5. The molecule has 5 heteroatoms. The summed E-state index contributed by atoms with van der Waals surface area (Å²) in [5.74, 6) is -1.01. The molecule has 1 aromatic carbocycles. The predicted molar refractivity (Wildman–Crippen MR) is 75.9 cm³/mol. The monoisotopic (exact) mass is 302 g/mol. The molecular weight excluding hydrogens is 281 g/mol. The van der Waals surface area contributed by atoms with Gasteiger partial charge in [-0.05, 0) is 29.5 Å². The Kier molecular flexibility index (Phi) is 5.07. The van der Waals surface area contributed by atoms with Crippen LogP contribution in [0.25, 0.3) is 0 Å². The van der Waals surface area contributed by atoms with Crippen LogP contribution < -0.4 is 4.74 Å². The van der Waals surface area contributed by atoms with E-state index in [4.69, 9.17) is 4.74 Å². The van der Waals surface area contributed by atoms with E-state index < -0.39 is 17.4 Å². The molecule has 118 valence electrons. The molecule has 0 saturated heterocycles. The maximum Gasteiger partial charge on any atom is 0.454 e. The summed E-state index contributed by atoms with van der Waals surface area (Å²) in [5, 5.41) is 0. The Labute approximate surface area is 123 Å². The largest absolute Gasteiger partial charge is 0.493 e. The number of carbonyl (C=O) groups excluding carboxylic acids is 1.